The van der Waals surface area contributed by atoms with Crippen molar-refractivity contribution >= 4 is 5.91 Å². The number of benzene rings is 1. The molecule has 0 saturated carbocycles. The van der Waals surface area contributed by atoms with E-state index in [4.69, 9.17) is 0 Å². The summed E-state index contributed by atoms with van der Waals surface area (Å²) in [6, 6.07) is 7.84. The van der Waals surface area contributed by atoms with Crippen LogP contribution in [0.1, 0.15) is 36.7 Å². The molecule has 94 valence electrons. The summed E-state index contributed by atoms with van der Waals surface area (Å²) in [5.41, 5.74) is 1.99. The van der Waals surface area contributed by atoms with Crippen LogP contribution in [0.4, 0.5) is 0 Å². The van der Waals surface area contributed by atoms with Crippen molar-refractivity contribution in [2.45, 2.75) is 27.2 Å². The molecule has 1 amide bonds. The molecule has 1 aromatic carbocycles. The van der Waals surface area contributed by atoms with Crippen LogP contribution in [-0.4, -0.2) is 23.9 Å². The van der Waals surface area contributed by atoms with Gasteiger partial charge in [0.05, 0.1) is 6.54 Å². The lowest BCUT2D eigenvalue weighted by Crippen LogP contribution is -2.37. The maximum atomic E-state index is 12.2. The van der Waals surface area contributed by atoms with Crippen molar-refractivity contribution in [2.24, 2.45) is 5.41 Å². The second kappa shape index (κ2) is 4.86. The van der Waals surface area contributed by atoms with Crippen LogP contribution in [0.2, 0.25) is 0 Å². The number of carbonyl (C=O) groups is 1. The molecule has 0 aromatic heterocycles. The monoisotopic (exact) mass is 241 g/mol. The normalized spacial score (nSPS) is 14.8. The molecule has 1 aromatic rings. The third kappa shape index (κ3) is 2.92. The maximum Gasteiger partial charge on any atom is 0.254 e. The minimum absolute atomic E-state index is 0.00323. The van der Waals surface area contributed by atoms with Crippen LogP contribution in [-0.2, 0) is 6.42 Å². The van der Waals surface area contributed by atoms with Crippen molar-refractivity contribution in [2.75, 3.05) is 13.1 Å². The van der Waals surface area contributed by atoms with Gasteiger partial charge in [-0.3, -0.25) is 4.79 Å². The molecule has 0 N–H and O–H groups in total. The first-order chi connectivity index (χ1) is 8.47. The summed E-state index contributed by atoms with van der Waals surface area (Å²) >= 11 is 0. The first-order valence-electron chi connectivity index (χ1n) is 6.34. The number of hydrogen-bond donors (Lipinski definition) is 0. The summed E-state index contributed by atoms with van der Waals surface area (Å²) in [5, 5.41) is 0. The zero-order chi connectivity index (χ0) is 13.2. The molecule has 0 aliphatic carbocycles. The summed E-state index contributed by atoms with van der Waals surface area (Å²) < 4.78 is 0. The average Bonchev–Trinajstić information content (AvgIpc) is 2.31. The smallest absolute Gasteiger partial charge is 0.254 e. The molecule has 0 saturated heterocycles. The van der Waals surface area contributed by atoms with E-state index in [0.717, 1.165) is 24.1 Å². The van der Waals surface area contributed by atoms with Gasteiger partial charge < -0.3 is 4.90 Å². The molecule has 2 rings (SSSR count). The molecule has 2 nitrogen and oxygen atoms in total. The van der Waals surface area contributed by atoms with Gasteiger partial charge in [-0.05, 0) is 38.8 Å². The summed E-state index contributed by atoms with van der Waals surface area (Å²) in [7, 11) is 0. The van der Waals surface area contributed by atoms with Crippen molar-refractivity contribution in [1.82, 2.24) is 4.90 Å². The Morgan fingerprint density at radius 3 is 2.72 bits per heavy atom. The summed E-state index contributed by atoms with van der Waals surface area (Å²) in [5.74, 6) is 6.39. The van der Waals surface area contributed by atoms with Crippen molar-refractivity contribution in [1.29, 1.82) is 0 Å². The molecule has 0 atom stereocenters. The van der Waals surface area contributed by atoms with Gasteiger partial charge >= 0.3 is 0 Å². The molecule has 0 radical (unpaired) electrons. The standard InChI is InChI=1S/C16H19NO/c1-16(2,3)10-6-11-17-12-9-13-7-4-5-8-14(13)15(17)18/h4-5,7-8H,9,11-12H2,1-3H3. The van der Waals surface area contributed by atoms with Crippen molar-refractivity contribution in [3.8, 4) is 11.8 Å². The highest BCUT2D eigenvalue weighted by Gasteiger charge is 2.22. The summed E-state index contributed by atoms with van der Waals surface area (Å²) in [4.78, 5) is 14.1. The number of hydrogen-bond acceptors (Lipinski definition) is 1. The predicted molar refractivity (Wildman–Crippen MR) is 73.3 cm³/mol. The SMILES string of the molecule is CC(C)(C)C#CCN1CCc2ccccc2C1=O. The van der Waals surface area contributed by atoms with E-state index in [-0.39, 0.29) is 11.3 Å². The quantitative estimate of drug-likeness (QED) is 0.692. The molecule has 0 spiro atoms. The van der Waals surface area contributed by atoms with E-state index < -0.39 is 0 Å². The van der Waals surface area contributed by atoms with Gasteiger partial charge in [0.2, 0.25) is 0 Å². The Balaban J connectivity index is 2.10. The first-order valence-corrected chi connectivity index (χ1v) is 6.34. The van der Waals surface area contributed by atoms with E-state index >= 15 is 0 Å². The van der Waals surface area contributed by atoms with Gasteiger partial charge in [0.25, 0.3) is 5.91 Å². The van der Waals surface area contributed by atoms with Crippen LogP contribution in [0.3, 0.4) is 0 Å². The van der Waals surface area contributed by atoms with E-state index in [1.165, 1.54) is 0 Å². The lowest BCUT2D eigenvalue weighted by Gasteiger charge is -2.26. The highest BCUT2D eigenvalue weighted by Crippen LogP contribution is 2.18. The molecule has 1 aliphatic rings. The zero-order valence-corrected chi connectivity index (χ0v) is 11.3. The van der Waals surface area contributed by atoms with Gasteiger partial charge in [-0.2, -0.15) is 0 Å². The van der Waals surface area contributed by atoms with Crippen molar-refractivity contribution in [3.05, 3.63) is 35.4 Å². The maximum absolute atomic E-state index is 12.2. The predicted octanol–water partition coefficient (Wildman–Crippen LogP) is 2.73. The fraction of sp³-hybridized carbons (Fsp3) is 0.438. The summed E-state index contributed by atoms with van der Waals surface area (Å²) in [6.45, 7) is 7.53. The number of rotatable bonds is 1. The van der Waals surface area contributed by atoms with Gasteiger partial charge in [0, 0.05) is 17.5 Å². The molecule has 0 fully saturated rings. The molecule has 0 bridgehead atoms. The molecule has 1 aliphatic heterocycles. The fourth-order valence-corrected chi connectivity index (χ4v) is 2.03. The van der Waals surface area contributed by atoms with Crippen LogP contribution in [0, 0.1) is 17.3 Å². The Hall–Kier alpha value is -1.75. The fourth-order valence-electron chi connectivity index (χ4n) is 2.03. The minimum Gasteiger partial charge on any atom is -0.327 e. The second-order valence-corrected chi connectivity index (χ2v) is 5.69. The highest BCUT2D eigenvalue weighted by atomic mass is 16.2. The van der Waals surface area contributed by atoms with E-state index in [1.54, 1.807) is 0 Å². The van der Waals surface area contributed by atoms with Gasteiger partial charge in [0.15, 0.2) is 0 Å². The molecule has 2 heteroatoms. The van der Waals surface area contributed by atoms with Gasteiger partial charge in [-0.25, -0.2) is 0 Å². The van der Waals surface area contributed by atoms with E-state index in [9.17, 15) is 4.79 Å². The third-order valence-corrected chi connectivity index (χ3v) is 2.92. The van der Waals surface area contributed by atoms with E-state index in [2.05, 4.69) is 32.6 Å². The van der Waals surface area contributed by atoms with Crippen LogP contribution in [0.25, 0.3) is 0 Å². The number of amides is 1. The lowest BCUT2D eigenvalue weighted by molar-refractivity contribution is 0.0762. The van der Waals surface area contributed by atoms with E-state index in [0.29, 0.717) is 6.54 Å². The van der Waals surface area contributed by atoms with Gasteiger partial charge in [-0.15, -0.1) is 0 Å². The molecule has 1 heterocycles. The second-order valence-electron chi connectivity index (χ2n) is 5.69. The lowest BCUT2D eigenvalue weighted by atomic mass is 9.97. The van der Waals surface area contributed by atoms with Gasteiger partial charge in [0.1, 0.15) is 0 Å². The van der Waals surface area contributed by atoms with Gasteiger partial charge in [-0.1, -0.05) is 30.0 Å². The molecule has 18 heavy (non-hydrogen) atoms. The Bertz CT molecular complexity index is 514. The zero-order valence-electron chi connectivity index (χ0n) is 11.3. The number of nitrogens with zero attached hydrogens (tertiary/aromatic N) is 1. The Morgan fingerprint density at radius 2 is 2.00 bits per heavy atom. The van der Waals surface area contributed by atoms with Crippen LogP contribution in [0.5, 0.6) is 0 Å². The Labute approximate surface area is 109 Å². The number of carbonyl (C=O) groups excluding carboxylic acids is 1. The van der Waals surface area contributed by atoms with Crippen LogP contribution in [0.15, 0.2) is 24.3 Å². The molecular weight excluding hydrogens is 222 g/mol. The van der Waals surface area contributed by atoms with Crippen LogP contribution < -0.4 is 0 Å². The van der Waals surface area contributed by atoms with E-state index in [1.807, 2.05) is 29.2 Å². The minimum atomic E-state index is -0.00323. The molecule has 0 unspecified atom stereocenters. The van der Waals surface area contributed by atoms with Crippen molar-refractivity contribution in [3.63, 3.8) is 0 Å². The molecular formula is C16H19NO. The first kappa shape index (κ1) is 12.7. The highest BCUT2D eigenvalue weighted by molar-refractivity contribution is 5.96. The summed E-state index contributed by atoms with van der Waals surface area (Å²) in [6.07, 6.45) is 0.930. The Morgan fingerprint density at radius 1 is 1.28 bits per heavy atom. The Kier molecular flexibility index (Phi) is 3.43. The number of fused-ring (bicyclic) bond motifs is 1. The largest absolute Gasteiger partial charge is 0.327 e. The average molecular weight is 241 g/mol. The topological polar surface area (TPSA) is 20.3 Å². The van der Waals surface area contributed by atoms with Crippen LogP contribution >= 0.6 is 0 Å². The third-order valence-electron chi connectivity index (χ3n) is 2.92. The van der Waals surface area contributed by atoms with Crippen molar-refractivity contribution < 1.29 is 4.79 Å².